The molecule has 0 unspecified atom stereocenters. The van der Waals surface area contributed by atoms with Gasteiger partial charge in [-0.05, 0) is 42.5 Å². The second-order valence-corrected chi connectivity index (χ2v) is 7.00. The molecule has 2 heterocycles. The fourth-order valence-electron chi connectivity index (χ4n) is 2.26. The van der Waals surface area contributed by atoms with E-state index >= 15 is 0 Å². The van der Waals surface area contributed by atoms with Crippen LogP contribution in [0.25, 0.3) is 11.5 Å². The second kappa shape index (κ2) is 6.89. The number of ether oxygens (including phenoxy) is 2. The van der Waals surface area contributed by atoms with Crippen molar-refractivity contribution in [3.05, 3.63) is 52.5 Å². The molecule has 0 saturated carbocycles. The lowest BCUT2D eigenvalue weighted by Gasteiger charge is -2.01. The highest BCUT2D eigenvalue weighted by Gasteiger charge is 2.17. The topological polar surface area (TPSA) is 74.5 Å². The van der Waals surface area contributed by atoms with Crippen LogP contribution in [0, 0.1) is 0 Å². The summed E-state index contributed by atoms with van der Waals surface area (Å²) in [6.07, 6.45) is 0. The Kier molecular flexibility index (Phi) is 4.46. The molecule has 0 spiro atoms. The van der Waals surface area contributed by atoms with E-state index < -0.39 is 0 Å². The summed E-state index contributed by atoms with van der Waals surface area (Å²) in [4.78, 5) is 12.3. The summed E-state index contributed by atoms with van der Waals surface area (Å²) < 4.78 is 17.1. The first-order chi connectivity index (χ1) is 12.2. The molecule has 0 saturated heterocycles. The van der Waals surface area contributed by atoms with Gasteiger partial charge < -0.3 is 13.9 Å². The molecule has 25 heavy (non-hydrogen) atoms. The van der Waals surface area contributed by atoms with Crippen molar-refractivity contribution in [3.8, 4) is 23.0 Å². The van der Waals surface area contributed by atoms with E-state index in [1.54, 1.807) is 18.2 Å². The van der Waals surface area contributed by atoms with Crippen LogP contribution in [0.1, 0.15) is 10.4 Å². The summed E-state index contributed by atoms with van der Waals surface area (Å²) >= 11 is 4.58. The zero-order valence-corrected chi connectivity index (χ0v) is 15.2. The van der Waals surface area contributed by atoms with Crippen molar-refractivity contribution in [2.45, 2.75) is 5.22 Å². The van der Waals surface area contributed by atoms with E-state index in [-0.39, 0.29) is 18.3 Å². The number of carbonyl (C=O) groups is 1. The van der Waals surface area contributed by atoms with Crippen molar-refractivity contribution in [1.29, 1.82) is 0 Å². The number of rotatable bonds is 5. The van der Waals surface area contributed by atoms with Crippen LogP contribution in [0.15, 0.2) is 56.6 Å². The molecule has 8 heteroatoms. The minimum Gasteiger partial charge on any atom is -0.454 e. The summed E-state index contributed by atoms with van der Waals surface area (Å²) in [5.41, 5.74) is 1.38. The standard InChI is InChI=1S/C17H11BrN2O4S/c18-12-4-1-10(2-5-12)16-19-20-17(24-16)25-8-13(21)11-3-6-14-15(7-11)23-9-22-14/h1-7H,8-9H2. The third kappa shape index (κ3) is 3.54. The minimum atomic E-state index is -0.0494. The van der Waals surface area contributed by atoms with Crippen LogP contribution in [-0.2, 0) is 0 Å². The molecule has 3 aromatic rings. The molecular weight excluding hydrogens is 408 g/mol. The average Bonchev–Trinajstić information content (AvgIpc) is 3.29. The summed E-state index contributed by atoms with van der Waals surface area (Å²) in [5.74, 6) is 1.81. The number of ketones is 1. The minimum absolute atomic E-state index is 0.0494. The van der Waals surface area contributed by atoms with Gasteiger partial charge in [0.1, 0.15) is 0 Å². The summed E-state index contributed by atoms with van der Waals surface area (Å²) in [6.45, 7) is 0.183. The molecule has 0 radical (unpaired) electrons. The monoisotopic (exact) mass is 418 g/mol. The number of thioether (sulfide) groups is 1. The Bertz CT molecular complexity index is 927. The molecule has 6 nitrogen and oxygen atoms in total. The van der Waals surface area contributed by atoms with E-state index in [0.717, 1.165) is 10.0 Å². The van der Waals surface area contributed by atoms with Gasteiger partial charge in [-0.15, -0.1) is 10.2 Å². The van der Waals surface area contributed by atoms with Gasteiger partial charge in [0.25, 0.3) is 5.22 Å². The fourth-order valence-corrected chi connectivity index (χ4v) is 3.18. The molecule has 126 valence electrons. The maximum atomic E-state index is 12.3. The van der Waals surface area contributed by atoms with Crippen molar-refractivity contribution in [3.63, 3.8) is 0 Å². The fraction of sp³-hybridized carbons (Fsp3) is 0.118. The Morgan fingerprint density at radius 2 is 1.88 bits per heavy atom. The third-order valence-electron chi connectivity index (χ3n) is 3.52. The van der Waals surface area contributed by atoms with Gasteiger partial charge in [0, 0.05) is 15.6 Å². The van der Waals surface area contributed by atoms with Gasteiger partial charge in [-0.2, -0.15) is 0 Å². The molecule has 0 amide bonds. The number of benzene rings is 2. The molecule has 1 aromatic heterocycles. The number of carbonyl (C=O) groups excluding carboxylic acids is 1. The molecule has 0 aliphatic carbocycles. The molecule has 0 atom stereocenters. The van der Waals surface area contributed by atoms with Gasteiger partial charge in [-0.1, -0.05) is 27.7 Å². The number of hydrogen-bond acceptors (Lipinski definition) is 7. The summed E-state index contributed by atoms with van der Waals surface area (Å²) in [5, 5.41) is 8.34. The number of Topliss-reactive ketones (excluding diaryl/α,β-unsaturated/α-hetero) is 1. The average molecular weight is 419 g/mol. The van der Waals surface area contributed by atoms with Gasteiger partial charge >= 0.3 is 0 Å². The smallest absolute Gasteiger partial charge is 0.277 e. The SMILES string of the molecule is O=C(CSc1nnc(-c2ccc(Br)cc2)o1)c1ccc2c(c1)OCO2. The van der Waals surface area contributed by atoms with Crippen LogP contribution < -0.4 is 9.47 Å². The largest absolute Gasteiger partial charge is 0.454 e. The van der Waals surface area contributed by atoms with E-state index in [4.69, 9.17) is 13.9 Å². The zero-order chi connectivity index (χ0) is 17.2. The highest BCUT2D eigenvalue weighted by molar-refractivity contribution is 9.10. The number of hydrogen-bond donors (Lipinski definition) is 0. The van der Waals surface area contributed by atoms with E-state index in [1.165, 1.54) is 11.8 Å². The summed E-state index contributed by atoms with van der Waals surface area (Å²) in [7, 11) is 0. The quantitative estimate of drug-likeness (QED) is 0.453. The van der Waals surface area contributed by atoms with Gasteiger partial charge in [-0.25, -0.2) is 0 Å². The highest BCUT2D eigenvalue weighted by Crippen LogP contribution is 2.33. The van der Waals surface area contributed by atoms with Crippen LogP contribution in [0.5, 0.6) is 11.5 Å². The highest BCUT2D eigenvalue weighted by atomic mass is 79.9. The lowest BCUT2D eigenvalue weighted by atomic mass is 10.1. The Morgan fingerprint density at radius 1 is 1.08 bits per heavy atom. The number of halogens is 1. The number of aromatic nitrogens is 2. The third-order valence-corrected chi connectivity index (χ3v) is 4.87. The van der Waals surface area contributed by atoms with Crippen LogP contribution in [0.4, 0.5) is 0 Å². The lowest BCUT2D eigenvalue weighted by molar-refractivity contribution is 0.102. The maximum absolute atomic E-state index is 12.3. The van der Waals surface area contributed by atoms with E-state index in [1.807, 2.05) is 24.3 Å². The van der Waals surface area contributed by atoms with Gasteiger partial charge in [0.05, 0.1) is 5.75 Å². The first kappa shape index (κ1) is 16.2. The van der Waals surface area contributed by atoms with E-state index in [2.05, 4.69) is 26.1 Å². The predicted octanol–water partition coefficient (Wildman–Crippen LogP) is 4.20. The predicted molar refractivity (Wildman–Crippen MR) is 95.1 cm³/mol. The molecular formula is C17H11BrN2O4S. The first-order valence-electron chi connectivity index (χ1n) is 7.34. The zero-order valence-electron chi connectivity index (χ0n) is 12.8. The Balaban J connectivity index is 1.41. The molecule has 0 N–H and O–H groups in total. The Morgan fingerprint density at radius 3 is 2.72 bits per heavy atom. The van der Waals surface area contributed by atoms with Crippen molar-refractivity contribution in [2.75, 3.05) is 12.5 Å². The molecule has 0 fully saturated rings. The number of nitrogens with zero attached hydrogens (tertiary/aromatic N) is 2. The molecule has 1 aliphatic heterocycles. The second-order valence-electron chi connectivity index (χ2n) is 5.16. The maximum Gasteiger partial charge on any atom is 0.277 e. The molecule has 2 aromatic carbocycles. The van der Waals surface area contributed by atoms with Gasteiger partial charge in [0.2, 0.25) is 12.7 Å². The van der Waals surface area contributed by atoms with Gasteiger partial charge in [0.15, 0.2) is 17.3 Å². The molecule has 1 aliphatic rings. The van der Waals surface area contributed by atoms with Crippen molar-refractivity contribution < 1.29 is 18.7 Å². The Hall–Kier alpha value is -2.32. The summed E-state index contributed by atoms with van der Waals surface area (Å²) in [6, 6.07) is 12.7. The van der Waals surface area contributed by atoms with E-state index in [9.17, 15) is 4.79 Å². The first-order valence-corrected chi connectivity index (χ1v) is 9.12. The van der Waals surface area contributed by atoms with Crippen molar-refractivity contribution in [1.82, 2.24) is 10.2 Å². The van der Waals surface area contributed by atoms with Gasteiger partial charge in [-0.3, -0.25) is 4.79 Å². The van der Waals surface area contributed by atoms with Crippen molar-refractivity contribution >= 4 is 33.5 Å². The molecule has 4 rings (SSSR count). The van der Waals surface area contributed by atoms with Crippen LogP contribution in [0.2, 0.25) is 0 Å². The Labute approximate surface area is 155 Å². The van der Waals surface area contributed by atoms with Crippen LogP contribution >= 0.6 is 27.7 Å². The normalized spacial score (nSPS) is 12.4. The van der Waals surface area contributed by atoms with Crippen molar-refractivity contribution in [2.24, 2.45) is 0 Å². The van der Waals surface area contributed by atoms with Crippen LogP contribution in [0.3, 0.4) is 0 Å². The van der Waals surface area contributed by atoms with E-state index in [0.29, 0.717) is 28.2 Å². The number of fused-ring (bicyclic) bond motifs is 1. The lowest BCUT2D eigenvalue weighted by Crippen LogP contribution is -2.02. The molecule has 0 bridgehead atoms. The van der Waals surface area contributed by atoms with Crippen LogP contribution in [-0.4, -0.2) is 28.5 Å².